The van der Waals surface area contributed by atoms with Gasteiger partial charge >= 0.3 is 0 Å². The Bertz CT molecular complexity index is 1410. The molecule has 0 unspecified atom stereocenters. The molecule has 3 N–H and O–H groups in total. The number of hydrogen-bond acceptors (Lipinski definition) is 3. The second-order valence-corrected chi connectivity index (χ2v) is 8.18. The van der Waals surface area contributed by atoms with Crippen LogP contribution in [0.4, 0.5) is 14.5 Å². The van der Waals surface area contributed by atoms with E-state index in [1.807, 2.05) is 6.92 Å². The molecule has 2 aromatic carbocycles. The first kappa shape index (κ1) is 21.6. The maximum absolute atomic E-state index is 14.3. The van der Waals surface area contributed by atoms with Gasteiger partial charge in [0.05, 0.1) is 5.69 Å². The zero-order valence-electron chi connectivity index (χ0n) is 18.3. The van der Waals surface area contributed by atoms with Crippen molar-refractivity contribution in [2.45, 2.75) is 26.2 Å². The molecule has 1 aliphatic carbocycles. The van der Waals surface area contributed by atoms with E-state index in [2.05, 4.69) is 15.3 Å². The minimum atomic E-state index is -0.838. The summed E-state index contributed by atoms with van der Waals surface area (Å²) >= 11 is 0. The van der Waals surface area contributed by atoms with Crippen LogP contribution in [-0.2, 0) is 6.42 Å². The number of aryl methyl sites for hydroxylation is 1. The molecule has 1 aliphatic rings. The molecule has 2 aromatic heterocycles. The summed E-state index contributed by atoms with van der Waals surface area (Å²) in [6.45, 7) is 1.84. The number of Topliss-reactive ketones (excluding diaryl/α,β-unsaturated/α-hetero) is 1. The van der Waals surface area contributed by atoms with Crippen LogP contribution in [-0.4, -0.2) is 21.7 Å². The predicted molar refractivity (Wildman–Crippen MR) is 123 cm³/mol. The molecule has 5 rings (SSSR count). The normalized spacial score (nSPS) is 13.0. The summed E-state index contributed by atoms with van der Waals surface area (Å²) in [7, 11) is 0. The summed E-state index contributed by atoms with van der Waals surface area (Å²) in [5.41, 5.74) is 4.39. The zero-order chi connectivity index (χ0) is 23.8. The quantitative estimate of drug-likeness (QED) is 0.333. The van der Waals surface area contributed by atoms with Gasteiger partial charge in [-0.1, -0.05) is 0 Å². The van der Waals surface area contributed by atoms with E-state index in [1.54, 1.807) is 36.5 Å². The van der Waals surface area contributed by atoms with Gasteiger partial charge in [0.1, 0.15) is 17.3 Å². The molecule has 172 valence electrons. The van der Waals surface area contributed by atoms with E-state index in [0.29, 0.717) is 46.8 Å². The standard InChI is InChI=1S/C26H21F2N3O3/c1-14-24-17(4-2-6-21(24)32)25(30-14)18-13-16(31-26(33)20-5-3-11-29-20)8-10-22(18)34-23-9-7-15(27)12-19(23)28/h3,5,7-13,29-30H,2,4,6H2,1H3,(H,31,33). The highest BCUT2D eigenvalue weighted by atomic mass is 19.1. The number of anilines is 1. The number of carbonyl (C=O) groups is 2. The lowest BCUT2D eigenvalue weighted by Crippen LogP contribution is -2.12. The van der Waals surface area contributed by atoms with Crippen molar-refractivity contribution >= 4 is 17.4 Å². The van der Waals surface area contributed by atoms with Crippen molar-refractivity contribution < 1.29 is 23.1 Å². The van der Waals surface area contributed by atoms with E-state index in [0.717, 1.165) is 29.8 Å². The number of ether oxygens (including phenoxy) is 1. The highest BCUT2D eigenvalue weighted by Gasteiger charge is 2.27. The fourth-order valence-electron chi connectivity index (χ4n) is 4.32. The Kier molecular flexibility index (Phi) is 5.49. The fourth-order valence-corrected chi connectivity index (χ4v) is 4.32. The van der Waals surface area contributed by atoms with E-state index in [-0.39, 0.29) is 17.4 Å². The van der Waals surface area contributed by atoms with Crippen LogP contribution in [0.25, 0.3) is 11.3 Å². The van der Waals surface area contributed by atoms with Crippen molar-refractivity contribution in [3.05, 3.63) is 88.9 Å². The number of hydrogen-bond donors (Lipinski definition) is 3. The van der Waals surface area contributed by atoms with Crippen molar-refractivity contribution in [1.82, 2.24) is 9.97 Å². The van der Waals surface area contributed by atoms with Crippen molar-refractivity contribution in [1.29, 1.82) is 0 Å². The van der Waals surface area contributed by atoms with Crippen molar-refractivity contribution in [2.24, 2.45) is 0 Å². The fraction of sp³-hybridized carbons (Fsp3) is 0.154. The minimum absolute atomic E-state index is 0.0736. The first-order chi connectivity index (χ1) is 16.4. The Morgan fingerprint density at radius 1 is 1.06 bits per heavy atom. The van der Waals surface area contributed by atoms with Crippen LogP contribution in [0.5, 0.6) is 11.5 Å². The minimum Gasteiger partial charge on any atom is -0.454 e. The van der Waals surface area contributed by atoms with Crippen LogP contribution in [0.2, 0.25) is 0 Å². The van der Waals surface area contributed by atoms with Crippen LogP contribution < -0.4 is 10.1 Å². The first-order valence-electron chi connectivity index (χ1n) is 10.9. The number of ketones is 1. The highest BCUT2D eigenvalue weighted by molar-refractivity contribution is 6.04. The average Bonchev–Trinajstić information content (AvgIpc) is 3.46. The topological polar surface area (TPSA) is 87.0 Å². The molecule has 6 nitrogen and oxygen atoms in total. The molecule has 0 aliphatic heterocycles. The van der Waals surface area contributed by atoms with Gasteiger partial charge in [-0.05, 0) is 67.8 Å². The SMILES string of the molecule is Cc1[nH]c(-c2cc(NC(=O)c3ccc[nH]3)ccc2Oc2ccc(F)cc2F)c2c1C(=O)CCC2. The smallest absolute Gasteiger partial charge is 0.272 e. The maximum atomic E-state index is 14.3. The van der Waals surface area contributed by atoms with Gasteiger partial charge in [0.25, 0.3) is 5.91 Å². The number of amides is 1. The van der Waals surface area contributed by atoms with Crippen LogP contribution >= 0.6 is 0 Å². The number of nitrogens with one attached hydrogen (secondary N) is 3. The molecule has 1 amide bonds. The van der Waals surface area contributed by atoms with Gasteiger partial charge < -0.3 is 20.0 Å². The molecule has 0 radical (unpaired) electrons. The van der Waals surface area contributed by atoms with Gasteiger partial charge in [0.15, 0.2) is 17.3 Å². The predicted octanol–water partition coefficient (Wildman–Crippen LogP) is 6.16. The number of carbonyl (C=O) groups excluding carboxylic acids is 2. The number of aromatic amines is 2. The van der Waals surface area contributed by atoms with Gasteiger partial charge in [-0.25, -0.2) is 8.78 Å². The third-order valence-electron chi connectivity index (χ3n) is 5.86. The third kappa shape index (κ3) is 3.98. The molecule has 0 fully saturated rings. The molecule has 34 heavy (non-hydrogen) atoms. The molecule has 0 atom stereocenters. The molecule has 0 saturated carbocycles. The second kappa shape index (κ2) is 8.62. The third-order valence-corrected chi connectivity index (χ3v) is 5.86. The Morgan fingerprint density at radius 2 is 1.88 bits per heavy atom. The summed E-state index contributed by atoms with van der Waals surface area (Å²) in [4.78, 5) is 31.2. The monoisotopic (exact) mass is 461 g/mol. The Hall–Kier alpha value is -4.20. The van der Waals surface area contributed by atoms with Crippen molar-refractivity contribution in [2.75, 3.05) is 5.32 Å². The van der Waals surface area contributed by atoms with E-state index in [1.165, 1.54) is 6.07 Å². The van der Waals surface area contributed by atoms with Gasteiger partial charge in [0, 0.05) is 41.2 Å². The molecule has 0 saturated heterocycles. The summed E-state index contributed by atoms with van der Waals surface area (Å²) in [5.74, 6) is -1.64. The van der Waals surface area contributed by atoms with Crippen LogP contribution in [0.15, 0.2) is 54.7 Å². The molecule has 0 bridgehead atoms. The van der Waals surface area contributed by atoms with E-state index >= 15 is 0 Å². The summed E-state index contributed by atoms with van der Waals surface area (Å²) < 4.78 is 33.5. The molecular formula is C26H21F2N3O3. The van der Waals surface area contributed by atoms with E-state index in [9.17, 15) is 18.4 Å². The van der Waals surface area contributed by atoms with Crippen LogP contribution in [0.3, 0.4) is 0 Å². The number of halogens is 2. The lowest BCUT2D eigenvalue weighted by Gasteiger charge is -2.16. The molecule has 2 heterocycles. The summed E-state index contributed by atoms with van der Waals surface area (Å²) in [6.07, 6.45) is 3.56. The number of fused-ring (bicyclic) bond motifs is 1. The largest absolute Gasteiger partial charge is 0.454 e. The molecule has 4 aromatic rings. The molecular weight excluding hydrogens is 440 g/mol. The van der Waals surface area contributed by atoms with Crippen molar-refractivity contribution in [3.8, 4) is 22.8 Å². The van der Waals surface area contributed by atoms with Gasteiger partial charge in [-0.2, -0.15) is 0 Å². The maximum Gasteiger partial charge on any atom is 0.272 e. The number of rotatable bonds is 5. The lowest BCUT2D eigenvalue weighted by atomic mass is 9.89. The first-order valence-corrected chi connectivity index (χ1v) is 10.9. The highest BCUT2D eigenvalue weighted by Crippen LogP contribution is 2.41. The summed E-state index contributed by atoms with van der Waals surface area (Å²) in [6, 6.07) is 11.4. The Labute approximate surface area is 194 Å². The second-order valence-electron chi connectivity index (χ2n) is 8.18. The summed E-state index contributed by atoms with van der Waals surface area (Å²) in [5, 5.41) is 2.83. The zero-order valence-corrected chi connectivity index (χ0v) is 18.3. The van der Waals surface area contributed by atoms with Crippen molar-refractivity contribution in [3.63, 3.8) is 0 Å². The Morgan fingerprint density at radius 3 is 2.65 bits per heavy atom. The number of H-pyrrole nitrogens is 2. The van der Waals surface area contributed by atoms with Crippen LogP contribution in [0, 0.1) is 18.6 Å². The van der Waals surface area contributed by atoms with Gasteiger partial charge in [-0.15, -0.1) is 0 Å². The lowest BCUT2D eigenvalue weighted by molar-refractivity contribution is 0.0971. The van der Waals surface area contributed by atoms with E-state index < -0.39 is 11.6 Å². The van der Waals surface area contributed by atoms with E-state index in [4.69, 9.17) is 4.74 Å². The number of aromatic nitrogens is 2. The van der Waals surface area contributed by atoms with Crippen LogP contribution in [0.1, 0.15) is 44.9 Å². The molecule has 8 heteroatoms. The average molecular weight is 461 g/mol. The molecule has 0 spiro atoms. The number of benzene rings is 2. The van der Waals surface area contributed by atoms with Gasteiger partial charge in [0.2, 0.25) is 0 Å². The Balaban J connectivity index is 1.60. The van der Waals surface area contributed by atoms with Gasteiger partial charge in [-0.3, -0.25) is 9.59 Å².